The van der Waals surface area contributed by atoms with Gasteiger partial charge in [-0.25, -0.2) is 0 Å². The topological polar surface area (TPSA) is 77.3 Å². The van der Waals surface area contributed by atoms with Crippen molar-refractivity contribution in [2.75, 3.05) is 0 Å². The Labute approximate surface area is 707 Å². The summed E-state index contributed by atoms with van der Waals surface area (Å²) in [6.07, 6.45) is 15.0. The fourth-order valence-electron chi connectivity index (χ4n) is 18.1. The molecule has 12 aromatic carbocycles. The Hall–Kier alpha value is -12.4. The molecule has 0 radical (unpaired) electrons. The predicted molar refractivity (Wildman–Crippen MR) is 461 cm³/mol. The van der Waals surface area contributed by atoms with Crippen molar-refractivity contribution in [2.24, 2.45) is 0 Å². The van der Waals surface area contributed by atoms with Crippen LogP contribution >= 0.6 is 0 Å². The van der Waals surface area contributed by atoms with E-state index in [0.717, 1.165) is 139 Å². The summed E-state index contributed by atoms with van der Waals surface area (Å²) in [4.78, 5) is 28.3. The smallest absolute Gasteiger partial charge is 0.305 e. The minimum absolute atomic E-state index is 0. The minimum atomic E-state index is 0. The van der Waals surface area contributed by atoms with E-state index in [1.165, 1.54) is 66.8 Å². The Balaban J connectivity index is 0.00000484. The fraction of sp³-hybridized carbons (Fsp3) is 0.111. The molecular weight excluding hydrogens is 1770 g/mol. The van der Waals surface area contributed by atoms with Gasteiger partial charge in [-0.2, -0.15) is 0 Å². The van der Waals surface area contributed by atoms with Crippen molar-refractivity contribution in [3.63, 3.8) is 0 Å². The molecule has 8 heteroatoms. The minimum Gasteiger partial charge on any atom is -0.305 e. The van der Waals surface area contributed by atoms with Gasteiger partial charge in [-0.1, -0.05) is 267 Å². The van der Waals surface area contributed by atoms with Crippen molar-refractivity contribution >= 4 is 0 Å². The summed E-state index contributed by atoms with van der Waals surface area (Å²) >= 11 is 0. The molecule has 2 fully saturated rings. The third kappa shape index (κ3) is 16.2. The molecule has 19 rings (SSSR count). The standard InChI is InChI=1S/C108H78N6.2Ir/c1-7-27-97(91(21-1)73-37-49-79(50-38-73)103-33-13-17-61-109-103)85-65-86(98-28-8-2-22-92(98)74-39-51-80(52-40-74)104-34-14-18-62-110-104)68-89(67-85)101-31-11-5-25-95(101)77-45-57-83(58-46-77)107-71-108(114-72-113-107)84-59-47-78(48-60-84)96-26-6-12-32-102(96)90-69-87(99-29-9-3-23-93(99)75-41-53-81(54-42-75)105-35-15-19-63-111-105)66-88(70-90)100-30-10-4-24-94(100)76-43-55-82(56-44-76)106-36-16-20-64-112-106;;/h1-49,51,53,55,57,59,61-64,71-72,85-90H,65-70H2;;/q-6;2*+3. The average Bonchev–Trinajstić information content (AvgIpc) is 0.768. The molecule has 4 unspecified atom stereocenters. The molecule has 0 saturated heterocycles. The van der Waals surface area contributed by atoms with E-state index in [-0.39, 0.29) is 75.7 Å². The van der Waals surface area contributed by atoms with Gasteiger partial charge >= 0.3 is 40.2 Å². The van der Waals surface area contributed by atoms with Gasteiger partial charge in [0, 0.05) is 24.8 Å². The van der Waals surface area contributed by atoms with Crippen LogP contribution in [0.5, 0.6) is 0 Å². The van der Waals surface area contributed by atoms with E-state index in [0.29, 0.717) is 0 Å². The number of benzene rings is 12. The van der Waals surface area contributed by atoms with Crippen LogP contribution in [0, 0.1) is 36.4 Å². The summed E-state index contributed by atoms with van der Waals surface area (Å²) < 4.78 is 0. The van der Waals surface area contributed by atoms with Crippen molar-refractivity contribution in [2.45, 2.75) is 74.0 Å². The Morgan fingerprint density at radius 3 is 0.560 bits per heavy atom. The molecule has 17 aromatic rings. The second-order valence-corrected chi connectivity index (χ2v) is 30.2. The second-order valence-electron chi connectivity index (χ2n) is 30.2. The van der Waals surface area contributed by atoms with Gasteiger partial charge in [0.05, 0.1) is 6.33 Å². The van der Waals surface area contributed by atoms with Gasteiger partial charge in [0.25, 0.3) is 0 Å². The molecule has 2 aliphatic carbocycles. The van der Waals surface area contributed by atoms with Crippen LogP contribution in [-0.4, -0.2) is 29.9 Å². The third-order valence-corrected chi connectivity index (χ3v) is 23.5. The summed E-state index contributed by atoms with van der Waals surface area (Å²) in [6, 6.07) is 142. The first kappa shape index (κ1) is 76.3. The van der Waals surface area contributed by atoms with Crippen molar-refractivity contribution in [1.29, 1.82) is 0 Å². The molecule has 0 spiro atoms. The summed E-state index contributed by atoms with van der Waals surface area (Å²) in [5, 5.41) is 0. The first-order valence-electron chi connectivity index (χ1n) is 39.6. The number of aromatic nitrogens is 6. The molecule has 2 saturated carbocycles. The predicted octanol–water partition coefficient (Wildman–Crippen LogP) is 26.5. The maximum atomic E-state index is 4.88. The van der Waals surface area contributed by atoms with Crippen molar-refractivity contribution in [3.8, 4) is 134 Å². The molecule has 5 aromatic heterocycles. The zero-order chi connectivity index (χ0) is 75.9. The van der Waals surface area contributed by atoms with E-state index >= 15 is 0 Å². The van der Waals surface area contributed by atoms with Crippen LogP contribution in [0.3, 0.4) is 0 Å². The Bertz CT molecular complexity index is 5520. The van der Waals surface area contributed by atoms with E-state index in [4.69, 9.17) is 9.97 Å². The van der Waals surface area contributed by atoms with Crippen LogP contribution in [0.4, 0.5) is 0 Å². The van der Waals surface area contributed by atoms with E-state index in [9.17, 15) is 0 Å². The fourth-order valence-corrected chi connectivity index (χ4v) is 18.1. The van der Waals surface area contributed by atoms with Gasteiger partial charge < -0.3 is 19.9 Å². The monoisotopic (exact) mass is 1840 g/mol. The molecule has 0 aliphatic heterocycles. The van der Waals surface area contributed by atoms with Crippen LogP contribution in [0.1, 0.15) is 107 Å². The molecule has 0 N–H and O–H groups in total. The second kappa shape index (κ2) is 35.2. The van der Waals surface area contributed by atoms with Crippen LogP contribution in [0.2, 0.25) is 0 Å². The molecule has 116 heavy (non-hydrogen) atoms. The maximum absolute atomic E-state index is 4.88. The van der Waals surface area contributed by atoms with Crippen molar-refractivity contribution < 1.29 is 40.2 Å². The van der Waals surface area contributed by atoms with E-state index < -0.39 is 0 Å². The number of rotatable bonds is 18. The van der Waals surface area contributed by atoms with Crippen LogP contribution < -0.4 is 0 Å². The van der Waals surface area contributed by atoms with E-state index in [2.05, 4.69) is 317 Å². The molecule has 5 heterocycles. The summed E-state index contributed by atoms with van der Waals surface area (Å²) in [6.45, 7) is 0. The number of pyridine rings is 4. The number of hydrogen-bond acceptors (Lipinski definition) is 6. The molecule has 2 aliphatic rings. The van der Waals surface area contributed by atoms with E-state index in [1.54, 1.807) is 6.33 Å². The van der Waals surface area contributed by atoms with Crippen LogP contribution in [0.25, 0.3) is 134 Å². The van der Waals surface area contributed by atoms with Gasteiger partial charge in [-0.3, -0.25) is 9.97 Å². The Kier molecular flexibility index (Phi) is 23.1. The molecule has 558 valence electrons. The molecule has 0 amide bonds. The maximum Gasteiger partial charge on any atom is 3.00 e. The Morgan fingerprint density at radius 1 is 0.190 bits per heavy atom. The normalized spacial score (nSPS) is 16.4. The summed E-state index contributed by atoms with van der Waals surface area (Å²) in [7, 11) is 0. The SMILES string of the molecule is [Ir+3].[Ir+3].[c-]1cc(-c2ccccc2C2CC(c3ccccc3-c3c[c-]c(-c4ccccn4)cc3)CC(c3ccccc3-c3c[c-]c(-c4cc(-c5[c-]cc(-c6ccccc6C6CC(c7ccccc7-c7c[c-]c(-c8ccccn8)cc7)CC(c7ccccc7-c7c[c-]c(-c8ccccn8)cc7)C6)cc5)ncn4)cc3)C2)ccc1-c1ccccn1. The molecular formula is C108H78Ir2N6. The van der Waals surface area contributed by atoms with Gasteiger partial charge in [-0.05, 0) is 166 Å². The summed E-state index contributed by atoms with van der Waals surface area (Å²) in [5.74, 6) is 1.47. The van der Waals surface area contributed by atoms with Gasteiger partial charge in [0.15, 0.2) is 0 Å². The zero-order valence-electron chi connectivity index (χ0n) is 63.7. The largest absolute Gasteiger partial charge is 3.00 e. The van der Waals surface area contributed by atoms with Gasteiger partial charge in [-0.15, -0.1) is 179 Å². The molecule has 4 atom stereocenters. The van der Waals surface area contributed by atoms with Crippen molar-refractivity contribution in [1.82, 2.24) is 29.9 Å². The number of nitrogens with zero attached hydrogens (tertiary/aromatic N) is 6. The number of hydrogen-bond donors (Lipinski definition) is 0. The third-order valence-electron chi connectivity index (χ3n) is 23.5. The zero-order valence-corrected chi connectivity index (χ0v) is 68.5. The van der Waals surface area contributed by atoms with Crippen LogP contribution in [0.15, 0.2) is 365 Å². The van der Waals surface area contributed by atoms with Gasteiger partial charge in [0.1, 0.15) is 0 Å². The molecule has 6 nitrogen and oxygen atoms in total. The van der Waals surface area contributed by atoms with Crippen LogP contribution in [-0.2, 0) is 40.2 Å². The average molecular weight is 1840 g/mol. The van der Waals surface area contributed by atoms with E-state index in [1.807, 2.05) is 97.6 Å². The first-order chi connectivity index (χ1) is 56.5. The van der Waals surface area contributed by atoms with Crippen molar-refractivity contribution in [3.05, 3.63) is 435 Å². The molecule has 0 bridgehead atoms. The van der Waals surface area contributed by atoms with Gasteiger partial charge in [0.2, 0.25) is 0 Å². The quantitative estimate of drug-likeness (QED) is 0.0797. The first-order valence-corrected chi connectivity index (χ1v) is 39.6. The Morgan fingerprint density at radius 2 is 0.379 bits per heavy atom. The summed E-state index contributed by atoms with van der Waals surface area (Å²) in [5.41, 5.74) is 33.4.